The smallest absolute Gasteiger partial charge is 0.311 e. The van der Waals surface area contributed by atoms with E-state index >= 15 is 0 Å². The van der Waals surface area contributed by atoms with Crippen LogP contribution >= 0.6 is 0 Å². The number of esters is 1. The van der Waals surface area contributed by atoms with Crippen LogP contribution in [0.5, 0.6) is 0 Å². The van der Waals surface area contributed by atoms with E-state index in [2.05, 4.69) is 19.9 Å². The lowest BCUT2D eigenvalue weighted by molar-refractivity contribution is -0.188. The van der Waals surface area contributed by atoms with Crippen LogP contribution in [0.4, 0.5) is 0 Å². The summed E-state index contributed by atoms with van der Waals surface area (Å²) in [6.07, 6.45) is 7.61. The fourth-order valence-electron chi connectivity index (χ4n) is 3.36. The Balaban J connectivity index is 2.10. The molecule has 0 aromatic rings. The molecule has 19 heavy (non-hydrogen) atoms. The van der Waals surface area contributed by atoms with Crippen LogP contribution in [-0.4, -0.2) is 24.8 Å². The lowest BCUT2D eigenvalue weighted by atomic mass is 9.72. The third kappa shape index (κ3) is 2.86. The molecule has 3 heteroatoms. The average Bonchev–Trinajstić information content (AvgIpc) is 2.43. The topological polar surface area (TPSA) is 35.5 Å². The van der Waals surface area contributed by atoms with Crippen LogP contribution < -0.4 is 0 Å². The Morgan fingerprint density at radius 2 is 2.26 bits per heavy atom. The second-order valence-electron chi connectivity index (χ2n) is 6.27. The molecule has 0 aromatic heterocycles. The zero-order chi connectivity index (χ0) is 14.0. The first kappa shape index (κ1) is 14.6. The summed E-state index contributed by atoms with van der Waals surface area (Å²) in [4.78, 5) is 11.7. The number of rotatable bonds is 2. The fraction of sp³-hybridized carbons (Fsp3) is 0.812. The van der Waals surface area contributed by atoms with Gasteiger partial charge in [-0.1, -0.05) is 18.6 Å². The van der Waals surface area contributed by atoms with E-state index in [1.165, 1.54) is 12.7 Å². The predicted molar refractivity (Wildman–Crippen MR) is 74.8 cm³/mol. The van der Waals surface area contributed by atoms with Gasteiger partial charge in [0.05, 0.1) is 24.7 Å². The monoisotopic (exact) mass is 266 g/mol. The molecule has 0 amide bonds. The van der Waals surface area contributed by atoms with E-state index in [0.717, 1.165) is 32.1 Å². The molecular weight excluding hydrogens is 240 g/mol. The molecule has 2 aliphatic rings. The van der Waals surface area contributed by atoms with E-state index in [1.54, 1.807) is 0 Å². The number of ether oxygens (including phenoxy) is 2. The van der Waals surface area contributed by atoms with Crippen molar-refractivity contribution in [3.63, 3.8) is 0 Å². The lowest BCUT2D eigenvalue weighted by Crippen LogP contribution is -2.50. The number of hydrogen-bond donors (Lipinski definition) is 0. The van der Waals surface area contributed by atoms with Crippen LogP contribution in [-0.2, 0) is 14.3 Å². The van der Waals surface area contributed by atoms with E-state index in [-0.39, 0.29) is 23.6 Å². The Morgan fingerprint density at radius 1 is 1.53 bits per heavy atom. The summed E-state index contributed by atoms with van der Waals surface area (Å²) >= 11 is 0. The Labute approximate surface area is 116 Å². The molecule has 1 heterocycles. The van der Waals surface area contributed by atoms with Crippen molar-refractivity contribution in [2.45, 2.75) is 64.6 Å². The normalized spacial score (nSPS) is 36.7. The van der Waals surface area contributed by atoms with E-state index in [4.69, 9.17) is 9.47 Å². The molecule has 0 aromatic carbocycles. The molecule has 0 N–H and O–H groups in total. The maximum atomic E-state index is 11.7. The molecule has 4 atom stereocenters. The van der Waals surface area contributed by atoms with E-state index < -0.39 is 0 Å². The molecule has 0 saturated carbocycles. The molecule has 0 bridgehead atoms. The first-order valence-electron chi connectivity index (χ1n) is 7.40. The molecule has 108 valence electrons. The molecular formula is C16H26O3. The Kier molecular flexibility index (Phi) is 4.34. The summed E-state index contributed by atoms with van der Waals surface area (Å²) in [5, 5.41) is 0. The van der Waals surface area contributed by atoms with Gasteiger partial charge in [0.2, 0.25) is 0 Å². The Bertz CT molecular complexity index is 374. The highest BCUT2D eigenvalue weighted by Gasteiger charge is 2.45. The van der Waals surface area contributed by atoms with Crippen molar-refractivity contribution < 1.29 is 14.3 Å². The summed E-state index contributed by atoms with van der Waals surface area (Å²) < 4.78 is 11.3. The minimum atomic E-state index is -0.165. The molecule has 1 fully saturated rings. The highest BCUT2D eigenvalue weighted by molar-refractivity contribution is 5.72. The number of carbonyl (C=O) groups is 1. The third-order valence-corrected chi connectivity index (χ3v) is 5.04. The van der Waals surface area contributed by atoms with Gasteiger partial charge in [-0.25, -0.2) is 0 Å². The van der Waals surface area contributed by atoms with Gasteiger partial charge in [0.1, 0.15) is 0 Å². The maximum Gasteiger partial charge on any atom is 0.311 e. The van der Waals surface area contributed by atoms with Crippen LogP contribution in [0.3, 0.4) is 0 Å². The Hall–Kier alpha value is -0.830. The zero-order valence-corrected chi connectivity index (χ0v) is 12.6. The van der Waals surface area contributed by atoms with Crippen molar-refractivity contribution in [3.8, 4) is 0 Å². The van der Waals surface area contributed by atoms with Crippen LogP contribution in [0.2, 0.25) is 0 Å². The first-order valence-corrected chi connectivity index (χ1v) is 7.40. The molecule has 1 aliphatic heterocycles. The quantitative estimate of drug-likeness (QED) is 0.567. The summed E-state index contributed by atoms with van der Waals surface area (Å²) in [5.41, 5.74) is 1.41. The minimum absolute atomic E-state index is 0.00968. The van der Waals surface area contributed by atoms with Gasteiger partial charge >= 0.3 is 5.97 Å². The summed E-state index contributed by atoms with van der Waals surface area (Å²) in [6.45, 7) is 6.40. The SMILES string of the molecule is COC(=O)C(C)C1CC[C@@H](C)C2(CC=C(C)CC2)O1. The molecule has 3 nitrogen and oxygen atoms in total. The largest absolute Gasteiger partial charge is 0.469 e. The average molecular weight is 266 g/mol. The third-order valence-electron chi connectivity index (χ3n) is 5.04. The van der Waals surface area contributed by atoms with Crippen molar-refractivity contribution in [1.29, 1.82) is 0 Å². The number of hydrogen-bond acceptors (Lipinski definition) is 3. The highest BCUT2D eigenvalue weighted by atomic mass is 16.5. The molecule has 1 aliphatic carbocycles. The van der Waals surface area contributed by atoms with Crippen LogP contribution in [0.15, 0.2) is 11.6 Å². The van der Waals surface area contributed by atoms with Crippen molar-refractivity contribution in [1.82, 2.24) is 0 Å². The standard InChI is InChI=1S/C16H26O3/c1-11-7-9-16(10-8-11)12(2)5-6-14(19-16)13(3)15(17)18-4/h7,12-14H,5-6,8-10H2,1-4H3/t12-,13?,14?,16?/m1/s1. The van der Waals surface area contributed by atoms with Crippen molar-refractivity contribution in [2.75, 3.05) is 7.11 Å². The zero-order valence-electron chi connectivity index (χ0n) is 12.6. The van der Waals surface area contributed by atoms with E-state index in [1.807, 2.05) is 6.92 Å². The highest BCUT2D eigenvalue weighted by Crippen LogP contribution is 2.44. The second kappa shape index (κ2) is 5.66. The van der Waals surface area contributed by atoms with Gasteiger partial charge in [0.25, 0.3) is 0 Å². The van der Waals surface area contributed by atoms with Crippen molar-refractivity contribution in [3.05, 3.63) is 11.6 Å². The van der Waals surface area contributed by atoms with E-state index in [0.29, 0.717) is 5.92 Å². The summed E-state index contributed by atoms with van der Waals surface area (Å²) in [7, 11) is 1.45. The van der Waals surface area contributed by atoms with Crippen molar-refractivity contribution >= 4 is 5.97 Å². The molecule has 0 radical (unpaired) electrons. The summed E-state index contributed by atoms with van der Waals surface area (Å²) in [6, 6.07) is 0. The van der Waals surface area contributed by atoms with Crippen LogP contribution in [0.1, 0.15) is 52.9 Å². The van der Waals surface area contributed by atoms with Gasteiger partial charge in [-0.3, -0.25) is 4.79 Å². The summed E-state index contributed by atoms with van der Waals surface area (Å²) in [5.74, 6) is 0.247. The molecule has 1 saturated heterocycles. The molecule has 3 unspecified atom stereocenters. The van der Waals surface area contributed by atoms with E-state index in [9.17, 15) is 4.79 Å². The first-order chi connectivity index (χ1) is 8.98. The second-order valence-corrected chi connectivity index (χ2v) is 6.27. The Morgan fingerprint density at radius 3 is 2.84 bits per heavy atom. The van der Waals surface area contributed by atoms with Crippen molar-refractivity contribution in [2.24, 2.45) is 11.8 Å². The van der Waals surface area contributed by atoms with Gasteiger partial charge in [-0.05, 0) is 51.9 Å². The van der Waals surface area contributed by atoms with Gasteiger partial charge in [0.15, 0.2) is 0 Å². The van der Waals surface area contributed by atoms with Crippen LogP contribution in [0, 0.1) is 11.8 Å². The van der Waals surface area contributed by atoms with Crippen LogP contribution in [0.25, 0.3) is 0 Å². The fourth-order valence-corrected chi connectivity index (χ4v) is 3.36. The maximum absolute atomic E-state index is 11.7. The number of methoxy groups -OCH3 is 1. The lowest BCUT2D eigenvalue weighted by Gasteiger charge is -2.48. The van der Waals surface area contributed by atoms with Gasteiger partial charge in [0, 0.05) is 0 Å². The number of allylic oxidation sites excluding steroid dienone is 1. The predicted octanol–water partition coefficient (Wildman–Crippen LogP) is 3.48. The molecule has 2 rings (SSSR count). The van der Waals surface area contributed by atoms with Gasteiger partial charge in [-0.2, -0.15) is 0 Å². The minimum Gasteiger partial charge on any atom is -0.469 e. The number of carbonyl (C=O) groups excluding carboxylic acids is 1. The van der Waals surface area contributed by atoms with Gasteiger partial charge in [-0.15, -0.1) is 0 Å². The van der Waals surface area contributed by atoms with Gasteiger partial charge < -0.3 is 9.47 Å². The molecule has 1 spiro atoms.